The molecule has 0 atom stereocenters. The molecule has 0 aromatic rings. The summed E-state index contributed by atoms with van der Waals surface area (Å²) in [5.74, 6) is -0.687. The van der Waals surface area contributed by atoms with Crippen LogP contribution >= 0.6 is 0 Å². The maximum absolute atomic E-state index is 11.6. The van der Waals surface area contributed by atoms with Gasteiger partial charge in [-0.1, -0.05) is 0 Å². The highest BCUT2D eigenvalue weighted by molar-refractivity contribution is 5.81. The van der Waals surface area contributed by atoms with E-state index in [0.29, 0.717) is 0 Å². The second kappa shape index (κ2) is 6.88. The summed E-state index contributed by atoms with van der Waals surface area (Å²) in [4.78, 5) is 21.3. The van der Waals surface area contributed by atoms with Crippen molar-refractivity contribution in [1.29, 1.82) is 0 Å². The van der Waals surface area contributed by atoms with E-state index >= 15 is 0 Å². The Morgan fingerprint density at radius 1 is 1.25 bits per heavy atom. The zero-order valence-corrected chi connectivity index (χ0v) is 8.39. The highest BCUT2D eigenvalue weighted by Crippen LogP contribution is 2.13. The molecule has 2 N–H and O–H groups in total. The minimum absolute atomic E-state index is 0.401. The normalized spacial score (nSPS) is 10.8. The molecule has 0 aromatic carbocycles. The van der Waals surface area contributed by atoms with Gasteiger partial charge >= 0.3 is 12.3 Å². The molecule has 0 aliphatic carbocycles. The first-order valence-electron chi connectivity index (χ1n) is 4.08. The van der Waals surface area contributed by atoms with E-state index in [1.807, 2.05) is 10.6 Å². The summed E-state index contributed by atoms with van der Waals surface area (Å²) in [5, 5.41) is 4.04. The van der Waals surface area contributed by atoms with Crippen LogP contribution in [0.2, 0.25) is 0 Å². The van der Waals surface area contributed by atoms with Gasteiger partial charge in [0.1, 0.15) is 19.9 Å². The van der Waals surface area contributed by atoms with Crippen molar-refractivity contribution in [2.24, 2.45) is 0 Å². The van der Waals surface area contributed by atoms with Crippen molar-refractivity contribution in [2.45, 2.75) is 6.18 Å². The number of carbonyl (C=O) groups is 2. The summed E-state index contributed by atoms with van der Waals surface area (Å²) in [6.45, 7) is -2.43. The maximum Gasteiger partial charge on any atom is 0.411 e. The third-order valence-corrected chi connectivity index (χ3v) is 1.22. The second-order valence-corrected chi connectivity index (χ2v) is 2.55. The van der Waals surface area contributed by atoms with Gasteiger partial charge in [-0.05, 0) is 0 Å². The van der Waals surface area contributed by atoms with Crippen molar-refractivity contribution >= 4 is 12.0 Å². The van der Waals surface area contributed by atoms with Crippen LogP contribution in [0.4, 0.5) is 18.0 Å². The summed E-state index contributed by atoms with van der Waals surface area (Å²) in [6.07, 6.45) is -5.25. The first-order valence-corrected chi connectivity index (χ1v) is 4.08. The second-order valence-electron chi connectivity index (χ2n) is 2.55. The third kappa shape index (κ3) is 9.06. The number of ether oxygens (including phenoxy) is 2. The number of hydrogen-bond donors (Lipinski definition) is 2. The summed E-state index contributed by atoms with van der Waals surface area (Å²) in [6, 6.07) is 0. The van der Waals surface area contributed by atoms with Crippen LogP contribution in [0.15, 0.2) is 0 Å². The predicted molar refractivity (Wildman–Crippen MR) is 45.4 cm³/mol. The standard InChI is InChI=1S/C7H11F3N2O4/c1-15-6(14)11-2-5(13)12-4-16-3-7(8,9)10/h2-4H2,1H3,(H,11,14)(H,12,13). The SMILES string of the molecule is COC(=O)NCC(=O)NCOCC(F)(F)F. The molecule has 0 aliphatic rings. The Labute approximate surface area is 89.1 Å². The fraction of sp³-hybridized carbons (Fsp3) is 0.714. The number of rotatable bonds is 5. The number of alkyl carbamates (subject to hydrolysis) is 1. The maximum atomic E-state index is 11.6. The van der Waals surface area contributed by atoms with Gasteiger partial charge in [0.2, 0.25) is 5.91 Å². The largest absolute Gasteiger partial charge is 0.453 e. The fourth-order valence-electron chi connectivity index (χ4n) is 0.585. The minimum Gasteiger partial charge on any atom is -0.453 e. The Morgan fingerprint density at radius 3 is 2.38 bits per heavy atom. The number of amides is 2. The molecule has 94 valence electrons. The van der Waals surface area contributed by atoms with Crippen LogP contribution in [-0.4, -0.2) is 45.2 Å². The van der Waals surface area contributed by atoms with Gasteiger partial charge in [0.25, 0.3) is 0 Å². The van der Waals surface area contributed by atoms with Crippen molar-refractivity contribution in [3.8, 4) is 0 Å². The molecule has 2 amide bonds. The minimum atomic E-state index is -4.44. The molecule has 0 saturated heterocycles. The molecule has 0 fully saturated rings. The Bertz CT molecular complexity index is 244. The van der Waals surface area contributed by atoms with Gasteiger partial charge in [0.15, 0.2) is 0 Å². The number of carbonyl (C=O) groups excluding carboxylic acids is 2. The van der Waals surface area contributed by atoms with Crippen molar-refractivity contribution in [2.75, 3.05) is 27.0 Å². The van der Waals surface area contributed by atoms with Crippen LogP contribution in [0.1, 0.15) is 0 Å². The molecule has 0 aromatic heterocycles. The van der Waals surface area contributed by atoms with Crippen LogP contribution in [0.25, 0.3) is 0 Å². The molecule has 6 nitrogen and oxygen atoms in total. The van der Waals surface area contributed by atoms with Crippen molar-refractivity contribution in [1.82, 2.24) is 10.6 Å². The lowest BCUT2D eigenvalue weighted by molar-refractivity contribution is -0.176. The van der Waals surface area contributed by atoms with Crippen LogP contribution in [-0.2, 0) is 14.3 Å². The lowest BCUT2D eigenvalue weighted by atomic mass is 10.6. The van der Waals surface area contributed by atoms with E-state index in [1.165, 1.54) is 0 Å². The van der Waals surface area contributed by atoms with Gasteiger partial charge in [-0.2, -0.15) is 13.2 Å². The van der Waals surface area contributed by atoms with E-state index in [2.05, 4.69) is 9.47 Å². The van der Waals surface area contributed by atoms with Gasteiger partial charge < -0.3 is 20.1 Å². The van der Waals surface area contributed by atoms with E-state index in [-0.39, 0.29) is 0 Å². The average molecular weight is 244 g/mol. The zero-order chi connectivity index (χ0) is 12.6. The number of nitrogens with one attached hydrogen (secondary N) is 2. The zero-order valence-electron chi connectivity index (χ0n) is 8.39. The van der Waals surface area contributed by atoms with E-state index < -0.39 is 38.1 Å². The van der Waals surface area contributed by atoms with Crippen molar-refractivity contribution in [3.63, 3.8) is 0 Å². The molecular formula is C7H11F3N2O4. The summed E-state index contributed by atoms with van der Waals surface area (Å²) in [7, 11) is 1.11. The monoisotopic (exact) mass is 244 g/mol. The Morgan fingerprint density at radius 2 is 1.88 bits per heavy atom. The molecule has 0 rings (SSSR count). The third-order valence-electron chi connectivity index (χ3n) is 1.22. The molecule has 0 heterocycles. The van der Waals surface area contributed by atoms with E-state index in [4.69, 9.17) is 0 Å². The van der Waals surface area contributed by atoms with E-state index in [0.717, 1.165) is 7.11 Å². The molecule has 9 heteroatoms. The average Bonchev–Trinajstić information content (AvgIpc) is 2.19. The molecule has 0 unspecified atom stereocenters. The number of alkyl halides is 3. The molecule has 0 radical (unpaired) electrons. The summed E-state index contributed by atoms with van der Waals surface area (Å²) >= 11 is 0. The first kappa shape index (κ1) is 14.5. The number of hydrogen-bond acceptors (Lipinski definition) is 4. The highest BCUT2D eigenvalue weighted by Gasteiger charge is 2.27. The van der Waals surface area contributed by atoms with Crippen molar-refractivity contribution < 1.29 is 32.2 Å². The molecule has 0 aliphatic heterocycles. The van der Waals surface area contributed by atoms with E-state index in [9.17, 15) is 22.8 Å². The summed E-state index contributed by atoms with van der Waals surface area (Å²) < 4.78 is 43.0. The smallest absolute Gasteiger partial charge is 0.411 e. The summed E-state index contributed by atoms with van der Waals surface area (Å²) in [5.41, 5.74) is 0. The van der Waals surface area contributed by atoms with Gasteiger partial charge in [0.05, 0.1) is 7.11 Å². The number of halogens is 3. The van der Waals surface area contributed by atoms with Gasteiger partial charge in [-0.3, -0.25) is 4.79 Å². The van der Waals surface area contributed by atoms with Crippen LogP contribution in [0.5, 0.6) is 0 Å². The lowest BCUT2D eigenvalue weighted by Crippen LogP contribution is -2.38. The van der Waals surface area contributed by atoms with E-state index in [1.54, 1.807) is 0 Å². The Balaban J connectivity index is 3.48. The van der Waals surface area contributed by atoms with Crippen LogP contribution < -0.4 is 10.6 Å². The van der Waals surface area contributed by atoms with Gasteiger partial charge in [-0.15, -0.1) is 0 Å². The highest BCUT2D eigenvalue weighted by atomic mass is 19.4. The topological polar surface area (TPSA) is 76.7 Å². The molecule has 16 heavy (non-hydrogen) atoms. The molecule has 0 spiro atoms. The molecule has 0 saturated carbocycles. The first-order chi connectivity index (χ1) is 7.35. The van der Waals surface area contributed by atoms with Crippen LogP contribution in [0, 0.1) is 0 Å². The number of methoxy groups -OCH3 is 1. The molecular weight excluding hydrogens is 233 g/mol. The molecule has 0 bridgehead atoms. The fourth-order valence-corrected chi connectivity index (χ4v) is 0.585. The lowest BCUT2D eigenvalue weighted by Gasteiger charge is -2.08. The quantitative estimate of drug-likeness (QED) is 0.527. The van der Waals surface area contributed by atoms with Gasteiger partial charge in [0, 0.05) is 0 Å². The van der Waals surface area contributed by atoms with Crippen LogP contribution in [0.3, 0.4) is 0 Å². The van der Waals surface area contributed by atoms with Gasteiger partial charge in [-0.25, -0.2) is 4.79 Å². The Hall–Kier alpha value is -1.51. The predicted octanol–water partition coefficient (Wildman–Crippen LogP) is -0.00500. The Kier molecular flexibility index (Phi) is 6.23. The van der Waals surface area contributed by atoms with Crippen molar-refractivity contribution in [3.05, 3.63) is 0 Å².